The predicted octanol–water partition coefficient (Wildman–Crippen LogP) is -1.22. The molecule has 0 amide bonds. The molecule has 0 saturated carbocycles. The molecule has 3 rings (SSSR count). The zero-order valence-electron chi connectivity index (χ0n) is 14.5. The first-order chi connectivity index (χ1) is 11.8. The molecule has 10 heteroatoms. The summed E-state index contributed by atoms with van der Waals surface area (Å²) in [6.45, 7) is 3.80. The summed E-state index contributed by atoms with van der Waals surface area (Å²) in [5.74, 6) is 1.11. The van der Waals surface area contributed by atoms with Crippen LogP contribution in [-0.4, -0.2) is 80.0 Å². The average molecular weight is 370 g/mol. The SMILES string of the molecule is CN1CCN(c2nc3c(c(NCCS(N)(=O)=O)n2)CC(O)CC3)CC1. The van der Waals surface area contributed by atoms with Gasteiger partial charge in [0.1, 0.15) is 5.82 Å². The summed E-state index contributed by atoms with van der Waals surface area (Å²) in [5, 5.41) is 18.1. The monoisotopic (exact) mass is 370 g/mol. The van der Waals surface area contributed by atoms with E-state index < -0.39 is 16.1 Å². The quantitative estimate of drug-likeness (QED) is 0.589. The van der Waals surface area contributed by atoms with Gasteiger partial charge in [0.25, 0.3) is 0 Å². The number of nitrogens with one attached hydrogen (secondary N) is 1. The fourth-order valence-electron chi connectivity index (χ4n) is 3.19. The smallest absolute Gasteiger partial charge is 0.227 e. The Morgan fingerprint density at radius 2 is 2.00 bits per heavy atom. The molecule has 1 unspecified atom stereocenters. The Labute approximate surface area is 148 Å². The zero-order chi connectivity index (χ0) is 18.0. The standard InChI is InChI=1S/C15H26N6O3S/c1-20-5-7-21(8-6-20)15-18-13-3-2-11(22)10-12(13)14(19-15)17-4-9-25(16,23)24/h11,22H,2-10H2,1H3,(H2,16,23,24)(H,17,18,19). The number of aliphatic hydroxyl groups is 1. The van der Waals surface area contributed by atoms with Gasteiger partial charge in [-0.25, -0.2) is 18.5 Å². The van der Waals surface area contributed by atoms with Gasteiger partial charge in [0.05, 0.1) is 17.6 Å². The van der Waals surface area contributed by atoms with Crippen molar-refractivity contribution in [3.05, 3.63) is 11.3 Å². The lowest BCUT2D eigenvalue weighted by Gasteiger charge is -2.33. The number of nitrogens with two attached hydrogens (primary N) is 1. The van der Waals surface area contributed by atoms with Gasteiger partial charge in [-0.05, 0) is 19.9 Å². The van der Waals surface area contributed by atoms with Gasteiger partial charge >= 0.3 is 0 Å². The fraction of sp³-hybridized carbons (Fsp3) is 0.733. The van der Waals surface area contributed by atoms with Crippen LogP contribution in [-0.2, 0) is 22.9 Å². The number of piperazine rings is 1. The lowest BCUT2D eigenvalue weighted by Crippen LogP contribution is -2.45. The van der Waals surface area contributed by atoms with Gasteiger partial charge in [-0.3, -0.25) is 0 Å². The van der Waals surface area contributed by atoms with E-state index in [0.717, 1.165) is 37.4 Å². The molecule has 1 aliphatic heterocycles. The Morgan fingerprint density at radius 3 is 2.68 bits per heavy atom. The van der Waals surface area contributed by atoms with Crippen molar-refractivity contribution >= 4 is 21.8 Å². The summed E-state index contributed by atoms with van der Waals surface area (Å²) < 4.78 is 22.3. The van der Waals surface area contributed by atoms with Crippen molar-refractivity contribution in [2.45, 2.75) is 25.4 Å². The normalized spacial score (nSPS) is 21.9. The molecule has 4 N–H and O–H groups in total. The summed E-state index contributed by atoms with van der Waals surface area (Å²) in [4.78, 5) is 13.8. The second kappa shape index (κ2) is 7.40. The molecule has 0 radical (unpaired) electrons. The van der Waals surface area contributed by atoms with Crippen molar-refractivity contribution in [3.8, 4) is 0 Å². The molecular formula is C15H26N6O3S. The van der Waals surface area contributed by atoms with Crippen LogP contribution in [0.4, 0.5) is 11.8 Å². The number of fused-ring (bicyclic) bond motifs is 1. The van der Waals surface area contributed by atoms with E-state index in [9.17, 15) is 13.5 Å². The predicted molar refractivity (Wildman–Crippen MR) is 96.2 cm³/mol. The molecule has 140 valence electrons. The third kappa shape index (κ3) is 4.78. The van der Waals surface area contributed by atoms with E-state index in [0.29, 0.717) is 31.0 Å². The van der Waals surface area contributed by atoms with Crippen molar-refractivity contribution in [1.29, 1.82) is 0 Å². The van der Waals surface area contributed by atoms with Crippen molar-refractivity contribution < 1.29 is 13.5 Å². The van der Waals surface area contributed by atoms with E-state index in [-0.39, 0.29) is 12.3 Å². The number of hydrogen-bond acceptors (Lipinski definition) is 8. The zero-order valence-corrected chi connectivity index (χ0v) is 15.3. The highest BCUT2D eigenvalue weighted by Gasteiger charge is 2.25. The van der Waals surface area contributed by atoms with Crippen LogP contribution >= 0.6 is 0 Å². The van der Waals surface area contributed by atoms with Crippen LogP contribution in [0.2, 0.25) is 0 Å². The van der Waals surface area contributed by atoms with E-state index in [2.05, 4.69) is 27.1 Å². The highest BCUT2D eigenvalue weighted by Crippen LogP contribution is 2.28. The minimum Gasteiger partial charge on any atom is -0.393 e. The van der Waals surface area contributed by atoms with E-state index in [1.54, 1.807) is 0 Å². The lowest BCUT2D eigenvalue weighted by atomic mass is 9.94. The maximum absolute atomic E-state index is 11.2. The number of aromatic nitrogens is 2. The third-order valence-electron chi connectivity index (χ3n) is 4.70. The summed E-state index contributed by atoms with van der Waals surface area (Å²) in [7, 11) is -1.44. The summed E-state index contributed by atoms with van der Waals surface area (Å²) >= 11 is 0. The molecule has 0 aromatic carbocycles. The van der Waals surface area contributed by atoms with Crippen LogP contribution in [0.1, 0.15) is 17.7 Å². The van der Waals surface area contributed by atoms with E-state index >= 15 is 0 Å². The van der Waals surface area contributed by atoms with Gasteiger partial charge in [-0.1, -0.05) is 0 Å². The van der Waals surface area contributed by atoms with Gasteiger partial charge in [0.2, 0.25) is 16.0 Å². The second-order valence-corrected chi connectivity index (χ2v) is 8.51. The number of rotatable bonds is 5. The van der Waals surface area contributed by atoms with Crippen LogP contribution in [0, 0.1) is 0 Å². The van der Waals surface area contributed by atoms with Crippen molar-refractivity contribution in [2.75, 3.05) is 55.7 Å². The third-order valence-corrected chi connectivity index (χ3v) is 5.47. The van der Waals surface area contributed by atoms with Crippen LogP contribution in [0.5, 0.6) is 0 Å². The van der Waals surface area contributed by atoms with E-state index in [1.807, 2.05) is 0 Å². The summed E-state index contributed by atoms with van der Waals surface area (Å²) in [6, 6.07) is 0. The first-order valence-corrected chi connectivity index (χ1v) is 10.3. The van der Waals surface area contributed by atoms with Crippen molar-refractivity contribution in [3.63, 3.8) is 0 Å². The number of aliphatic hydroxyl groups excluding tert-OH is 1. The van der Waals surface area contributed by atoms with Crippen LogP contribution in [0.15, 0.2) is 0 Å². The van der Waals surface area contributed by atoms with E-state index in [4.69, 9.17) is 10.1 Å². The van der Waals surface area contributed by atoms with Crippen LogP contribution < -0.4 is 15.4 Å². The molecule has 0 spiro atoms. The number of sulfonamides is 1. The first-order valence-electron chi connectivity index (χ1n) is 8.57. The molecule has 1 aromatic rings. The van der Waals surface area contributed by atoms with Crippen LogP contribution in [0.25, 0.3) is 0 Å². The molecule has 9 nitrogen and oxygen atoms in total. The molecule has 1 atom stereocenters. The molecule has 25 heavy (non-hydrogen) atoms. The summed E-state index contributed by atoms with van der Waals surface area (Å²) in [5.41, 5.74) is 1.82. The van der Waals surface area contributed by atoms with Crippen LogP contribution in [0.3, 0.4) is 0 Å². The Kier molecular flexibility index (Phi) is 5.42. The largest absolute Gasteiger partial charge is 0.393 e. The van der Waals surface area contributed by atoms with Gasteiger partial charge < -0.3 is 20.2 Å². The first kappa shape index (κ1) is 18.3. The number of nitrogens with zero attached hydrogens (tertiary/aromatic N) is 4. The number of hydrogen-bond donors (Lipinski definition) is 3. The maximum Gasteiger partial charge on any atom is 0.227 e. The average Bonchev–Trinajstić information content (AvgIpc) is 2.54. The van der Waals surface area contributed by atoms with Crippen molar-refractivity contribution in [2.24, 2.45) is 5.14 Å². The highest BCUT2D eigenvalue weighted by molar-refractivity contribution is 7.89. The Bertz CT molecular complexity index is 718. The molecule has 2 aliphatic rings. The molecule has 1 aliphatic carbocycles. The molecule has 1 fully saturated rings. The fourth-order valence-corrected chi connectivity index (χ4v) is 3.57. The van der Waals surface area contributed by atoms with Gasteiger partial charge in [0.15, 0.2) is 0 Å². The molecule has 1 aromatic heterocycles. The molecule has 0 bridgehead atoms. The number of primary sulfonamides is 1. The van der Waals surface area contributed by atoms with Gasteiger partial charge in [0, 0.05) is 44.7 Å². The van der Waals surface area contributed by atoms with E-state index in [1.165, 1.54) is 0 Å². The number of likely N-dealkylation sites (N-methyl/N-ethyl adjacent to an activating group) is 1. The minimum atomic E-state index is -3.53. The lowest BCUT2D eigenvalue weighted by molar-refractivity contribution is 0.157. The second-order valence-electron chi connectivity index (χ2n) is 6.78. The summed E-state index contributed by atoms with van der Waals surface area (Å²) in [6.07, 6.45) is 1.45. The Hall–Kier alpha value is -1.49. The highest BCUT2D eigenvalue weighted by atomic mass is 32.2. The maximum atomic E-state index is 11.2. The van der Waals surface area contributed by atoms with Gasteiger partial charge in [-0.2, -0.15) is 4.98 Å². The molecule has 1 saturated heterocycles. The topological polar surface area (TPSA) is 125 Å². The Morgan fingerprint density at radius 1 is 1.28 bits per heavy atom. The Balaban J connectivity index is 1.84. The molecular weight excluding hydrogens is 344 g/mol. The molecule has 2 heterocycles. The van der Waals surface area contributed by atoms with Gasteiger partial charge in [-0.15, -0.1) is 0 Å². The van der Waals surface area contributed by atoms with Crippen molar-refractivity contribution in [1.82, 2.24) is 14.9 Å². The number of anilines is 2. The number of aryl methyl sites for hydroxylation is 1. The minimum absolute atomic E-state index is 0.168.